The third kappa shape index (κ3) is 1.68. The summed E-state index contributed by atoms with van der Waals surface area (Å²) in [4.78, 5) is 13.6. The highest BCUT2D eigenvalue weighted by molar-refractivity contribution is 6.15. The van der Waals surface area contributed by atoms with Crippen LogP contribution in [-0.2, 0) is 6.42 Å². The Hall–Kier alpha value is -3.79. The van der Waals surface area contributed by atoms with Gasteiger partial charge in [0.05, 0.1) is 23.4 Å². The Morgan fingerprint density at radius 2 is 1.61 bits per heavy atom. The molecule has 0 atom stereocenters. The first-order chi connectivity index (χ1) is 13.9. The average molecular weight is 358 g/mol. The summed E-state index contributed by atoms with van der Waals surface area (Å²) in [6, 6.07) is 17.5. The summed E-state index contributed by atoms with van der Waals surface area (Å²) >= 11 is 0. The van der Waals surface area contributed by atoms with Gasteiger partial charge in [0.15, 0.2) is 0 Å². The number of hydrogen-bond donors (Lipinski definition) is 0. The third-order valence-electron chi connectivity index (χ3n) is 5.96. The Bertz CT molecular complexity index is 1590. The summed E-state index contributed by atoms with van der Waals surface area (Å²) in [5, 5.41) is 3.61. The van der Waals surface area contributed by atoms with Crippen LogP contribution in [0.2, 0.25) is 0 Å². The first-order valence-electron chi connectivity index (χ1n) is 9.41. The third-order valence-corrected chi connectivity index (χ3v) is 5.96. The summed E-state index contributed by atoms with van der Waals surface area (Å²) < 4.78 is 2.22. The highest BCUT2D eigenvalue weighted by Crippen LogP contribution is 2.41. The molecule has 0 spiro atoms. The van der Waals surface area contributed by atoms with E-state index in [9.17, 15) is 0 Å². The zero-order chi connectivity index (χ0) is 18.2. The maximum Gasteiger partial charge on any atom is 0.146 e. The molecule has 0 saturated carbocycles. The van der Waals surface area contributed by atoms with E-state index in [0.29, 0.717) is 0 Å². The standard InChI is InChI=1S/C24H14N4/c1-2-4-16-14(3-1)9-15-10-19-17-5-7-26-13-23(17)28-22-6-8-25-12-21(22)27-24(28)20(19)11-18(15)16/h1-8,10-13H,9H2. The summed E-state index contributed by atoms with van der Waals surface area (Å²) in [5.41, 5.74) is 9.45. The predicted octanol–water partition coefficient (Wildman–Crippen LogP) is 5.16. The van der Waals surface area contributed by atoms with Crippen molar-refractivity contribution in [1.82, 2.24) is 19.4 Å². The summed E-state index contributed by atoms with van der Waals surface area (Å²) in [7, 11) is 0. The van der Waals surface area contributed by atoms with E-state index in [1.165, 1.54) is 38.4 Å². The minimum Gasteiger partial charge on any atom is -0.290 e. The van der Waals surface area contributed by atoms with E-state index in [-0.39, 0.29) is 0 Å². The van der Waals surface area contributed by atoms with Crippen LogP contribution in [0.25, 0.3) is 49.5 Å². The van der Waals surface area contributed by atoms with Gasteiger partial charge in [0.2, 0.25) is 0 Å². The molecule has 7 rings (SSSR count). The molecule has 4 heterocycles. The van der Waals surface area contributed by atoms with Gasteiger partial charge in [0, 0.05) is 23.2 Å². The molecule has 130 valence electrons. The van der Waals surface area contributed by atoms with Gasteiger partial charge in [-0.2, -0.15) is 0 Å². The van der Waals surface area contributed by atoms with Gasteiger partial charge in [-0.15, -0.1) is 0 Å². The molecule has 4 heteroatoms. The molecule has 4 aromatic heterocycles. The number of nitrogens with zero attached hydrogens (tertiary/aromatic N) is 4. The average Bonchev–Trinajstić information content (AvgIpc) is 3.31. The lowest BCUT2D eigenvalue weighted by atomic mass is 9.99. The van der Waals surface area contributed by atoms with Crippen LogP contribution in [0.1, 0.15) is 11.1 Å². The molecule has 28 heavy (non-hydrogen) atoms. The van der Waals surface area contributed by atoms with E-state index in [0.717, 1.165) is 28.6 Å². The molecule has 2 aromatic carbocycles. The zero-order valence-electron chi connectivity index (χ0n) is 14.9. The maximum absolute atomic E-state index is 4.95. The molecule has 0 fully saturated rings. The van der Waals surface area contributed by atoms with Gasteiger partial charge >= 0.3 is 0 Å². The number of pyridine rings is 3. The molecule has 4 nitrogen and oxygen atoms in total. The Kier molecular flexibility index (Phi) is 2.51. The highest BCUT2D eigenvalue weighted by atomic mass is 15.0. The van der Waals surface area contributed by atoms with Crippen molar-refractivity contribution in [3.05, 3.63) is 84.4 Å². The minimum absolute atomic E-state index is 0.904. The second-order valence-electron chi connectivity index (χ2n) is 7.42. The van der Waals surface area contributed by atoms with Crippen LogP contribution in [0.5, 0.6) is 0 Å². The van der Waals surface area contributed by atoms with Gasteiger partial charge in [-0.25, -0.2) is 4.98 Å². The van der Waals surface area contributed by atoms with Crippen molar-refractivity contribution in [2.45, 2.75) is 6.42 Å². The fourth-order valence-electron chi connectivity index (χ4n) is 4.74. The van der Waals surface area contributed by atoms with Crippen LogP contribution in [0.4, 0.5) is 0 Å². The number of hydrogen-bond acceptors (Lipinski definition) is 3. The molecule has 0 bridgehead atoms. The lowest BCUT2D eigenvalue weighted by Gasteiger charge is -2.11. The van der Waals surface area contributed by atoms with E-state index < -0.39 is 0 Å². The fourth-order valence-corrected chi connectivity index (χ4v) is 4.74. The Morgan fingerprint density at radius 3 is 2.61 bits per heavy atom. The first kappa shape index (κ1) is 14.3. The summed E-state index contributed by atoms with van der Waals surface area (Å²) in [6.45, 7) is 0. The van der Waals surface area contributed by atoms with Gasteiger partial charge in [-0.05, 0) is 58.3 Å². The number of aromatic nitrogens is 4. The van der Waals surface area contributed by atoms with Crippen LogP contribution in [-0.4, -0.2) is 19.4 Å². The molecule has 0 N–H and O–H groups in total. The normalized spacial score (nSPS) is 12.9. The number of rotatable bonds is 0. The van der Waals surface area contributed by atoms with E-state index in [1.807, 2.05) is 30.9 Å². The van der Waals surface area contributed by atoms with E-state index in [2.05, 4.69) is 56.8 Å². The maximum atomic E-state index is 4.95. The Morgan fingerprint density at radius 1 is 0.714 bits per heavy atom. The number of benzene rings is 2. The predicted molar refractivity (Wildman–Crippen MR) is 112 cm³/mol. The van der Waals surface area contributed by atoms with Crippen molar-refractivity contribution in [3.8, 4) is 11.1 Å². The first-order valence-corrected chi connectivity index (χ1v) is 9.41. The lowest BCUT2D eigenvalue weighted by molar-refractivity contribution is 1.26. The Labute approximate surface area is 160 Å². The molecule has 1 aliphatic rings. The van der Waals surface area contributed by atoms with Crippen LogP contribution in [0.15, 0.2) is 73.3 Å². The number of fused-ring (bicyclic) bond motifs is 11. The van der Waals surface area contributed by atoms with Gasteiger partial charge < -0.3 is 0 Å². The van der Waals surface area contributed by atoms with E-state index >= 15 is 0 Å². The molecular formula is C24H14N4. The van der Waals surface area contributed by atoms with Crippen LogP contribution < -0.4 is 0 Å². The van der Waals surface area contributed by atoms with Crippen molar-refractivity contribution < 1.29 is 0 Å². The molecule has 0 aliphatic heterocycles. The van der Waals surface area contributed by atoms with Crippen LogP contribution in [0, 0.1) is 0 Å². The van der Waals surface area contributed by atoms with Gasteiger partial charge in [0.1, 0.15) is 11.2 Å². The largest absolute Gasteiger partial charge is 0.290 e. The SMILES string of the molecule is c1ccc2c(c1)Cc1cc3c4ccncc4n4c5ccncc5nc4c3cc1-2. The van der Waals surface area contributed by atoms with E-state index in [1.54, 1.807) is 0 Å². The number of imidazole rings is 1. The molecule has 0 unspecified atom stereocenters. The molecule has 6 aromatic rings. The molecule has 0 radical (unpaired) electrons. The topological polar surface area (TPSA) is 43.1 Å². The van der Waals surface area contributed by atoms with Crippen molar-refractivity contribution in [2.75, 3.05) is 0 Å². The van der Waals surface area contributed by atoms with Crippen molar-refractivity contribution in [3.63, 3.8) is 0 Å². The Balaban J connectivity index is 1.75. The smallest absolute Gasteiger partial charge is 0.146 e. The summed E-state index contributed by atoms with van der Waals surface area (Å²) in [5.74, 6) is 0. The van der Waals surface area contributed by atoms with Crippen molar-refractivity contribution in [2.24, 2.45) is 0 Å². The minimum atomic E-state index is 0.904. The second-order valence-corrected chi connectivity index (χ2v) is 7.42. The second kappa shape index (κ2) is 4.93. The molecule has 0 saturated heterocycles. The lowest BCUT2D eigenvalue weighted by Crippen LogP contribution is -1.93. The van der Waals surface area contributed by atoms with E-state index in [4.69, 9.17) is 4.98 Å². The molecular weight excluding hydrogens is 344 g/mol. The fraction of sp³-hybridized carbons (Fsp3) is 0.0417. The van der Waals surface area contributed by atoms with Crippen molar-refractivity contribution >= 4 is 38.4 Å². The monoisotopic (exact) mass is 358 g/mol. The molecule has 0 amide bonds. The van der Waals surface area contributed by atoms with Gasteiger partial charge in [-0.1, -0.05) is 24.3 Å². The summed E-state index contributed by atoms with van der Waals surface area (Å²) in [6.07, 6.45) is 8.45. The van der Waals surface area contributed by atoms with Crippen molar-refractivity contribution in [1.29, 1.82) is 0 Å². The van der Waals surface area contributed by atoms with Gasteiger partial charge in [-0.3, -0.25) is 14.4 Å². The van der Waals surface area contributed by atoms with Crippen LogP contribution >= 0.6 is 0 Å². The molecule has 1 aliphatic carbocycles. The highest BCUT2D eigenvalue weighted by Gasteiger charge is 2.21. The van der Waals surface area contributed by atoms with Gasteiger partial charge in [0.25, 0.3) is 0 Å². The quantitative estimate of drug-likeness (QED) is 0.352. The van der Waals surface area contributed by atoms with Crippen LogP contribution in [0.3, 0.4) is 0 Å². The zero-order valence-corrected chi connectivity index (χ0v) is 14.9.